The molecule has 0 aliphatic carbocycles. The van der Waals surface area contributed by atoms with Gasteiger partial charge in [-0.2, -0.15) is 0 Å². The molecule has 1 aliphatic rings. The van der Waals surface area contributed by atoms with E-state index in [0.717, 1.165) is 0 Å². The van der Waals surface area contributed by atoms with Crippen LogP contribution in [0.15, 0.2) is 0 Å². The molecule has 90 valence electrons. The number of hydrogen-bond donors (Lipinski definition) is 2. The van der Waals surface area contributed by atoms with Gasteiger partial charge in [0.25, 0.3) is 0 Å². The zero-order chi connectivity index (χ0) is 12.0. The quantitative estimate of drug-likeness (QED) is 0.592. The fraction of sp³-hybridized carbons (Fsp3) is 0.727. The number of hydrogen-bond acceptors (Lipinski definition) is 4. The van der Waals surface area contributed by atoms with Crippen LogP contribution in [0.2, 0.25) is 0 Å². The maximum Gasteiger partial charge on any atom is 0.234 e. The van der Waals surface area contributed by atoms with Crippen molar-refractivity contribution < 1.29 is 14.6 Å². The third kappa shape index (κ3) is 4.19. The van der Waals surface area contributed by atoms with Gasteiger partial charge in [0, 0.05) is 13.1 Å². The molecule has 1 aliphatic heterocycles. The molecule has 1 rings (SSSR count). The highest BCUT2D eigenvalue weighted by molar-refractivity contribution is 5.78. The van der Waals surface area contributed by atoms with Gasteiger partial charge >= 0.3 is 0 Å². The van der Waals surface area contributed by atoms with Crippen molar-refractivity contribution in [2.75, 3.05) is 32.8 Å². The number of nitrogens with zero attached hydrogens (tertiary/aromatic N) is 1. The number of carbonyl (C=O) groups excluding carboxylic acids is 1. The van der Waals surface area contributed by atoms with Crippen molar-refractivity contribution in [1.82, 2.24) is 10.2 Å². The number of aliphatic hydroxyl groups is 1. The maximum atomic E-state index is 11.4. The third-order valence-electron chi connectivity index (χ3n) is 2.36. The lowest BCUT2D eigenvalue weighted by Crippen LogP contribution is -2.50. The van der Waals surface area contributed by atoms with Crippen LogP contribution >= 0.6 is 0 Å². The van der Waals surface area contributed by atoms with E-state index in [1.165, 1.54) is 0 Å². The van der Waals surface area contributed by atoms with Gasteiger partial charge in [-0.05, 0) is 6.92 Å². The molecule has 1 amide bonds. The van der Waals surface area contributed by atoms with E-state index in [4.69, 9.17) is 16.3 Å². The molecule has 0 aromatic heterocycles. The van der Waals surface area contributed by atoms with Gasteiger partial charge in [0.05, 0.1) is 31.9 Å². The van der Waals surface area contributed by atoms with Crippen LogP contribution in [0.1, 0.15) is 6.92 Å². The molecule has 2 atom stereocenters. The molecular weight excluding hydrogens is 208 g/mol. The van der Waals surface area contributed by atoms with Crippen molar-refractivity contribution in [3.8, 4) is 12.3 Å². The second kappa shape index (κ2) is 6.48. The average molecular weight is 226 g/mol. The van der Waals surface area contributed by atoms with E-state index in [1.807, 2.05) is 11.8 Å². The molecule has 0 bridgehead atoms. The van der Waals surface area contributed by atoms with E-state index in [9.17, 15) is 4.79 Å². The Bertz CT molecular complexity index is 275. The van der Waals surface area contributed by atoms with E-state index in [2.05, 4.69) is 11.2 Å². The minimum Gasteiger partial charge on any atom is -0.394 e. The molecule has 1 fully saturated rings. The summed E-state index contributed by atoms with van der Waals surface area (Å²) in [5.41, 5.74) is 0. The summed E-state index contributed by atoms with van der Waals surface area (Å²) in [7, 11) is 0. The highest BCUT2D eigenvalue weighted by Crippen LogP contribution is 2.09. The smallest absolute Gasteiger partial charge is 0.234 e. The lowest BCUT2D eigenvalue weighted by atomic mass is 10.2. The monoisotopic (exact) mass is 226 g/mol. The van der Waals surface area contributed by atoms with E-state index in [-0.39, 0.29) is 31.3 Å². The van der Waals surface area contributed by atoms with Gasteiger partial charge in [-0.25, -0.2) is 0 Å². The molecule has 1 heterocycles. The largest absolute Gasteiger partial charge is 0.394 e. The van der Waals surface area contributed by atoms with Crippen molar-refractivity contribution >= 4 is 5.91 Å². The zero-order valence-corrected chi connectivity index (χ0v) is 9.48. The molecule has 5 heteroatoms. The lowest BCUT2D eigenvalue weighted by Gasteiger charge is -2.35. The van der Waals surface area contributed by atoms with E-state index in [1.54, 1.807) is 0 Å². The van der Waals surface area contributed by atoms with Crippen molar-refractivity contribution in [1.29, 1.82) is 0 Å². The molecule has 0 aromatic rings. The van der Waals surface area contributed by atoms with Crippen LogP contribution in [0.4, 0.5) is 0 Å². The first-order valence-corrected chi connectivity index (χ1v) is 5.34. The fourth-order valence-electron chi connectivity index (χ4n) is 1.78. The Morgan fingerprint density at radius 3 is 3.06 bits per heavy atom. The first kappa shape index (κ1) is 13.0. The molecular formula is C11H18N2O3. The number of aliphatic hydroxyl groups excluding tert-OH is 1. The molecule has 0 radical (unpaired) electrons. The number of carbonyl (C=O) groups is 1. The number of amides is 1. The van der Waals surface area contributed by atoms with E-state index >= 15 is 0 Å². The molecule has 2 N–H and O–H groups in total. The summed E-state index contributed by atoms with van der Waals surface area (Å²) in [6.45, 7) is 3.72. The molecule has 2 unspecified atom stereocenters. The summed E-state index contributed by atoms with van der Waals surface area (Å²) in [5.74, 6) is 2.26. The Labute approximate surface area is 95.8 Å². The van der Waals surface area contributed by atoms with Crippen LogP contribution in [0.25, 0.3) is 0 Å². The summed E-state index contributed by atoms with van der Waals surface area (Å²) in [5, 5.41) is 11.6. The van der Waals surface area contributed by atoms with E-state index < -0.39 is 0 Å². The maximum absolute atomic E-state index is 11.4. The van der Waals surface area contributed by atoms with Crippen LogP contribution in [0.5, 0.6) is 0 Å². The second-order valence-corrected chi connectivity index (χ2v) is 3.93. The minimum atomic E-state index is -0.204. The van der Waals surface area contributed by atoms with Gasteiger partial charge in [-0.3, -0.25) is 9.69 Å². The summed E-state index contributed by atoms with van der Waals surface area (Å²) in [4.78, 5) is 13.4. The molecule has 1 saturated heterocycles. The SMILES string of the molecule is C#CCNC(=O)CN1CC(C)OC(CO)C1. The van der Waals surface area contributed by atoms with Gasteiger partial charge in [-0.15, -0.1) is 6.42 Å². The number of morpholine rings is 1. The third-order valence-corrected chi connectivity index (χ3v) is 2.36. The Kier molecular flexibility index (Phi) is 5.26. The highest BCUT2D eigenvalue weighted by Gasteiger charge is 2.25. The summed E-state index contributed by atoms with van der Waals surface area (Å²) < 4.78 is 5.47. The van der Waals surface area contributed by atoms with Crippen molar-refractivity contribution in [2.45, 2.75) is 19.1 Å². The van der Waals surface area contributed by atoms with Crippen LogP contribution in [-0.2, 0) is 9.53 Å². The second-order valence-electron chi connectivity index (χ2n) is 3.93. The summed E-state index contributed by atoms with van der Waals surface area (Å²) >= 11 is 0. The fourth-order valence-corrected chi connectivity index (χ4v) is 1.78. The van der Waals surface area contributed by atoms with Crippen molar-refractivity contribution in [2.24, 2.45) is 0 Å². The predicted molar refractivity (Wildman–Crippen MR) is 59.7 cm³/mol. The average Bonchev–Trinajstić information content (AvgIpc) is 2.25. The number of nitrogens with one attached hydrogen (secondary N) is 1. The first-order chi connectivity index (χ1) is 7.65. The number of ether oxygens (including phenoxy) is 1. The van der Waals surface area contributed by atoms with Gasteiger partial charge in [-0.1, -0.05) is 5.92 Å². The molecule has 0 spiro atoms. The normalized spacial score (nSPS) is 26.1. The molecule has 5 nitrogen and oxygen atoms in total. The number of rotatable bonds is 4. The minimum absolute atomic E-state index is 0.0210. The predicted octanol–water partition coefficient (Wildman–Crippen LogP) is -1.18. The topological polar surface area (TPSA) is 61.8 Å². The van der Waals surface area contributed by atoms with E-state index in [0.29, 0.717) is 19.6 Å². The lowest BCUT2D eigenvalue weighted by molar-refractivity contribution is -0.128. The van der Waals surface area contributed by atoms with Gasteiger partial charge in [0.15, 0.2) is 0 Å². The van der Waals surface area contributed by atoms with Crippen molar-refractivity contribution in [3.63, 3.8) is 0 Å². The van der Waals surface area contributed by atoms with Gasteiger partial charge in [0.1, 0.15) is 0 Å². The van der Waals surface area contributed by atoms with Crippen LogP contribution in [0.3, 0.4) is 0 Å². The zero-order valence-electron chi connectivity index (χ0n) is 9.48. The van der Waals surface area contributed by atoms with Crippen LogP contribution in [0, 0.1) is 12.3 Å². The Balaban J connectivity index is 2.35. The van der Waals surface area contributed by atoms with Crippen LogP contribution in [-0.4, -0.2) is 60.9 Å². The Morgan fingerprint density at radius 2 is 2.44 bits per heavy atom. The Hall–Kier alpha value is -1.09. The standard InChI is InChI=1S/C11H18N2O3/c1-3-4-12-11(15)7-13-5-9(2)16-10(6-13)8-14/h1,9-10,14H,4-8H2,2H3,(H,12,15). The first-order valence-electron chi connectivity index (χ1n) is 5.34. The highest BCUT2D eigenvalue weighted by atomic mass is 16.5. The van der Waals surface area contributed by atoms with Crippen molar-refractivity contribution in [3.05, 3.63) is 0 Å². The molecule has 0 saturated carbocycles. The molecule has 16 heavy (non-hydrogen) atoms. The van der Waals surface area contributed by atoms with Gasteiger partial charge in [0.2, 0.25) is 5.91 Å². The number of terminal acetylenes is 1. The summed E-state index contributed by atoms with van der Waals surface area (Å²) in [6.07, 6.45) is 4.87. The van der Waals surface area contributed by atoms with Crippen LogP contribution < -0.4 is 5.32 Å². The summed E-state index contributed by atoms with van der Waals surface area (Å²) in [6, 6.07) is 0. The Morgan fingerprint density at radius 1 is 1.69 bits per heavy atom. The molecule has 0 aromatic carbocycles. The van der Waals surface area contributed by atoms with Gasteiger partial charge < -0.3 is 15.2 Å².